The lowest BCUT2D eigenvalue weighted by Crippen LogP contribution is -2.47. The van der Waals surface area contributed by atoms with E-state index in [4.69, 9.17) is 4.74 Å². The molecule has 138 valence electrons. The summed E-state index contributed by atoms with van der Waals surface area (Å²) in [5, 5.41) is 3.07. The molecule has 5 heteroatoms. The zero-order chi connectivity index (χ0) is 18.4. The molecule has 0 aliphatic carbocycles. The fourth-order valence-corrected chi connectivity index (χ4v) is 3.12. The van der Waals surface area contributed by atoms with Crippen molar-refractivity contribution in [3.63, 3.8) is 0 Å². The summed E-state index contributed by atoms with van der Waals surface area (Å²) in [5.74, 6) is 1.24. The highest BCUT2D eigenvalue weighted by Gasteiger charge is 2.24. The second kappa shape index (κ2) is 8.88. The molecule has 1 saturated heterocycles. The van der Waals surface area contributed by atoms with Gasteiger partial charge in [-0.2, -0.15) is 0 Å². The lowest BCUT2D eigenvalue weighted by Gasteiger charge is -2.32. The first-order chi connectivity index (χ1) is 11.8. The van der Waals surface area contributed by atoms with Crippen LogP contribution in [0.4, 0.5) is 0 Å². The lowest BCUT2D eigenvalue weighted by atomic mass is 10.0. The van der Waals surface area contributed by atoms with E-state index in [9.17, 15) is 9.59 Å². The molecule has 0 spiro atoms. The van der Waals surface area contributed by atoms with Gasteiger partial charge in [0.05, 0.1) is 0 Å². The molecule has 0 aromatic heterocycles. The molecule has 1 aliphatic heterocycles. The molecule has 5 nitrogen and oxygen atoms in total. The van der Waals surface area contributed by atoms with Crippen LogP contribution in [0, 0.1) is 19.8 Å². The van der Waals surface area contributed by atoms with E-state index in [2.05, 4.69) is 5.32 Å². The van der Waals surface area contributed by atoms with Crippen LogP contribution in [0.5, 0.6) is 5.75 Å². The normalized spacial score (nSPS) is 15.3. The van der Waals surface area contributed by atoms with E-state index < -0.39 is 0 Å². The molecule has 0 bridgehead atoms. The van der Waals surface area contributed by atoms with Crippen molar-refractivity contribution in [3.8, 4) is 5.75 Å². The Bertz CT molecular complexity index is 605. The Hall–Kier alpha value is -2.04. The van der Waals surface area contributed by atoms with Gasteiger partial charge < -0.3 is 15.0 Å². The topological polar surface area (TPSA) is 58.6 Å². The number of benzene rings is 1. The summed E-state index contributed by atoms with van der Waals surface area (Å²) in [4.78, 5) is 26.0. The lowest BCUT2D eigenvalue weighted by molar-refractivity contribution is -0.134. The smallest absolute Gasteiger partial charge is 0.260 e. The number of aryl methyl sites for hydroxylation is 2. The standard InChI is InChI=1S/C20H30N2O3/c1-14(2)11-19(23)21-17-7-9-22(10-8-17)20(24)13-25-18-6-5-15(3)12-16(18)4/h5-6,12,14,17H,7-11,13H2,1-4H3,(H,21,23). The Morgan fingerprint density at radius 1 is 1.24 bits per heavy atom. The minimum Gasteiger partial charge on any atom is -0.484 e. The highest BCUT2D eigenvalue weighted by Crippen LogP contribution is 2.19. The summed E-state index contributed by atoms with van der Waals surface area (Å²) >= 11 is 0. The first kappa shape index (κ1) is 19.3. The molecule has 1 aromatic rings. The predicted molar refractivity (Wildman–Crippen MR) is 98.6 cm³/mol. The molecule has 0 saturated carbocycles. The van der Waals surface area contributed by atoms with Gasteiger partial charge in [-0.25, -0.2) is 0 Å². The van der Waals surface area contributed by atoms with Gasteiger partial charge in [-0.1, -0.05) is 31.5 Å². The van der Waals surface area contributed by atoms with E-state index in [1.807, 2.05) is 50.8 Å². The zero-order valence-electron chi connectivity index (χ0n) is 15.8. The molecule has 0 atom stereocenters. The summed E-state index contributed by atoms with van der Waals surface area (Å²) in [7, 11) is 0. The Kier molecular flexibility index (Phi) is 6.85. The predicted octanol–water partition coefficient (Wildman–Crippen LogP) is 2.84. The summed E-state index contributed by atoms with van der Waals surface area (Å²) in [6.45, 7) is 9.50. The highest BCUT2D eigenvalue weighted by molar-refractivity contribution is 5.78. The molecule has 2 rings (SSSR count). The number of rotatable bonds is 6. The molecular formula is C20H30N2O3. The number of nitrogens with one attached hydrogen (secondary N) is 1. The van der Waals surface area contributed by atoms with Crippen LogP contribution in [0.1, 0.15) is 44.2 Å². The van der Waals surface area contributed by atoms with Crippen molar-refractivity contribution in [2.45, 2.75) is 53.0 Å². The maximum atomic E-state index is 12.3. The zero-order valence-corrected chi connectivity index (χ0v) is 15.8. The fraction of sp³-hybridized carbons (Fsp3) is 0.600. The third-order valence-electron chi connectivity index (χ3n) is 4.49. The number of hydrogen-bond donors (Lipinski definition) is 1. The maximum absolute atomic E-state index is 12.3. The van der Waals surface area contributed by atoms with E-state index >= 15 is 0 Å². The van der Waals surface area contributed by atoms with Gasteiger partial charge in [0.15, 0.2) is 6.61 Å². The number of carbonyl (C=O) groups excluding carboxylic acids is 2. The number of piperidine rings is 1. The molecule has 1 aromatic carbocycles. The van der Waals surface area contributed by atoms with Gasteiger partial charge in [0.2, 0.25) is 5.91 Å². The summed E-state index contributed by atoms with van der Waals surface area (Å²) in [6, 6.07) is 6.12. The molecule has 2 amide bonds. The van der Waals surface area contributed by atoms with E-state index in [-0.39, 0.29) is 24.5 Å². The van der Waals surface area contributed by atoms with Crippen molar-refractivity contribution >= 4 is 11.8 Å². The van der Waals surface area contributed by atoms with Crippen molar-refractivity contribution in [3.05, 3.63) is 29.3 Å². The molecule has 0 radical (unpaired) electrons. The van der Waals surface area contributed by atoms with Gasteiger partial charge in [0.1, 0.15) is 5.75 Å². The van der Waals surface area contributed by atoms with Gasteiger partial charge in [0.25, 0.3) is 5.91 Å². The van der Waals surface area contributed by atoms with E-state index in [0.717, 1.165) is 24.2 Å². The number of likely N-dealkylation sites (tertiary alicyclic amines) is 1. The van der Waals surface area contributed by atoms with Gasteiger partial charge in [-0.15, -0.1) is 0 Å². The van der Waals surface area contributed by atoms with Crippen molar-refractivity contribution < 1.29 is 14.3 Å². The number of amides is 2. The molecular weight excluding hydrogens is 316 g/mol. The van der Waals surface area contributed by atoms with Crippen LogP contribution in [0.25, 0.3) is 0 Å². The number of nitrogens with zero attached hydrogens (tertiary/aromatic N) is 1. The van der Waals surface area contributed by atoms with Crippen LogP contribution in [0.15, 0.2) is 18.2 Å². The molecule has 25 heavy (non-hydrogen) atoms. The van der Waals surface area contributed by atoms with Gasteiger partial charge in [0, 0.05) is 25.6 Å². The highest BCUT2D eigenvalue weighted by atomic mass is 16.5. The van der Waals surface area contributed by atoms with Crippen molar-refractivity contribution in [2.75, 3.05) is 19.7 Å². The van der Waals surface area contributed by atoms with Crippen molar-refractivity contribution in [1.82, 2.24) is 10.2 Å². The first-order valence-electron chi connectivity index (χ1n) is 9.12. The van der Waals surface area contributed by atoms with Crippen molar-refractivity contribution in [1.29, 1.82) is 0 Å². The van der Waals surface area contributed by atoms with E-state index in [0.29, 0.717) is 25.4 Å². The Balaban J connectivity index is 1.74. The van der Waals surface area contributed by atoms with E-state index in [1.54, 1.807) is 0 Å². The fourth-order valence-electron chi connectivity index (χ4n) is 3.12. The number of ether oxygens (including phenoxy) is 1. The van der Waals surface area contributed by atoms with Crippen LogP contribution in [0.2, 0.25) is 0 Å². The third kappa shape index (κ3) is 6.07. The number of hydrogen-bond acceptors (Lipinski definition) is 3. The average molecular weight is 346 g/mol. The largest absolute Gasteiger partial charge is 0.484 e. The second-order valence-electron chi connectivity index (χ2n) is 7.38. The monoisotopic (exact) mass is 346 g/mol. The molecule has 0 unspecified atom stereocenters. The molecule has 1 heterocycles. The first-order valence-corrected chi connectivity index (χ1v) is 9.12. The Morgan fingerprint density at radius 3 is 2.52 bits per heavy atom. The van der Waals surface area contributed by atoms with Gasteiger partial charge >= 0.3 is 0 Å². The van der Waals surface area contributed by atoms with Gasteiger partial charge in [-0.05, 0) is 44.2 Å². The quantitative estimate of drug-likeness (QED) is 0.862. The summed E-state index contributed by atoms with van der Waals surface area (Å²) < 4.78 is 5.68. The molecule has 1 N–H and O–H groups in total. The molecule has 1 fully saturated rings. The van der Waals surface area contributed by atoms with Crippen LogP contribution < -0.4 is 10.1 Å². The van der Waals surface area contributed by atoms with Crippen molar-refractivity contribution in [2.24, 2.45) is 5.92 Å². The Labute approximate surface area is 150 Å². The molecule has 1 aliphatic rings. The van der Waals surface area contributed by atoms with E-state index in [1.165, 1.54) is 5.56 Å². The van der Waals surface area contributed by atoms with Gasteiger partial charge in [-0.3, -0.25) is 9.59 Å². The Morgan fingerprint density at radius 2 is 1.92 bits per heavy atom. The minimum absolute atomic E-state index is 0.00642. The summed E-state index contributed by atoms with van der Waals surface area (Å²) in [6.07, 6.45) is 2.17. The van der Waals surface area contributed by atoms with Crippen LogP contribution >= 0.6 is 0 Å². The van der Waals surface area contributed by atoms with Crippen LogP contribution in [-0.2, 0) is 9.59 Å². The third-order valence-corrected chi connectivity index (χ3v) is 4.49. The average Bonchev–Trinajstić information content (AvgIpc) is 2.53. The van der Waals surface area contributed by atoms with Crippen LogP contribution in [-0.4, -0.2) is 42.5 Å². The summed E-state index contributed by atoms with van der Waals surface area (Å²) in [5.41, 5.74) is 2.22. The maximum Gasteiger partial charge on any atom is 0.260 e. The number of carbonyl (C=O) groups is 2. The second-order valence-corrected chi connectivity index (χ2v) is 7.38. The minimum atomic E-state index is 0.00642. The van der Waals surface area contributed by atoms with Crippen LogP contribution in [0.3, 0.4) is 0 Å². The SMILES string of the molecule is Cc1ccc(OCC(=O)N2CCC(NC(=O)CC(C)C)CC2)c(C)c1.